The molecule has 1 atom stereocenters. The Morgan fingerprint density at radius 3 is 2.37 bits per heavy atom. The molecule has 108 valence electrons. The Morgan fingerprint density at radius 2 is 1.84 bits per heavy atom. The lowest BCUT2D eigenvalue weighted by atomic mass is 10.2. The highest BCUT2D eigenvalue weighted by Crippen LogP contribution is 2.27. The van der Waals surface area contributed by atoms with Gasteiger partial charge in [0.2, 0.25) is 0 Å². The third-order valence-corrected chi connectivity index (χ3v) is 3.64. The number of aliphatic carboxylic acids is 1. The van der Waals surface area contributed by atoms with Crippen molar-refractivity contribution in [2.24, 2.45) is 0 Å². The number of carbonyl (C=O) groups excluding carboxylic acids is 1. The van der Waals surface area contributed by atoms with Crippen LogP contribution < -0.4 is 5.32 Å². The second-order valence-corrected chi connectivity index (χ2v) is 5.13. The van der Waals surface area contributed by atoms with Crippen LogP contribution in [-0.4, -0.2) is 76.9 Å². The molecule has 19 heavy (non-hydrogen) atoms. The van der Waals surface area contributed by atoms with Crippen molar-refractivity contribution in [1.29, 1.82) is 0 Å². The molecule has 1 aliphatic heterocycles. The average Bonchev–Trinajstić information content (AvgIpc) is 3.23. The Hall–Kier alpha value is -1.34. The van der Waals surface area contributed by atoms with E-state index in [1.54, 1.807) is 4.90 Å². The number of amides is 2. The molecular formula is C12H21N3O4. The number of nitrogens with one attached hydrogen (secondary N) is 1. The van der Waals surface area contributed by atoms with Gasteiger partial charge in [-0.2, -0.15) is 0 Å². The Morgan fingerprint density at radius 1 is 1.21 bits per heavy atom. The van der Waals surface area contributed by atoms with Gasteiger partial charge in [0.25, 0.3) is 0 Å². The van der Waals surface area contributed by atoms with E-state index in [0.29, 0.717) is 13.1 Å². The van der Waals surface area contributed by atoms with E-state index in [1.807, 2.05) is 0 Å². The van der Waals surface area contributed by atoms with Crippen molar-refractivity contribution in [3.8, 4) is 0 Å². The summed E-state index contributed by atoms with van der Waals surface area (Å²) in [6.07, 6.45) is 1.17. The molecule has 0 aromatic heterocycles. The minimum Gasteiger partial charge on any atom is -0.479 e. The number of rotatable bonds is 5. The van der Waals surface area contributed by atoms with E-state index in [-0.39, 0.29) is 19.0 Å². The van der Waals surface area contributed by atoms with Crippen LogP contribution in [0.3, 0.4) is 0 Å². The van der Waals surface area contributed by atoms with Crippen molar-refractivity contribution in [3.05, 3.63) is 0 Å². The van der Waals surface area contributed by atoms with E-state index in [4.69, 9.17) is 10.2 Å². The third kappa shape index (κ3) is 4.07. The number of aliphatic hydroxyl groups is 1. The minimum atomic E-state index is -1.41. The van der Waals surface area contributed by atoms with Crippen LogP contribution in [0.2, 0.25) is 0 Å². The molecule has 2 amide bonds. The molecule has 1 saturated heterocycles. The van der Waals surface area contributed by atoms with Crippen LogP contribution >= 0.6 is 0 Å². The molecule has 0 bridgehead atoms. The summed E-state index contributed by atoms with van der Waals surface area (Å²) in [4.78, 5) is 26.4. The smallest absolute Gasteiger partial charge is 0.332 e. The monoisotopic (exact) mass is 271 g/mol. The van der Waals surface area contributed by atoms with Crippen molar-refractivity contribution in [1.82, 2.24) is 15.1 Å². The van der Waals surface area contributed by atoms with Gasteiger partial charge in [-0.1, -0.05) is 0 Å². The van der Waals surface area contributed by atoms with Gasteiger partial charge in [-0.05, 0) is 12.8 Å². The number of carbonyl (C=O) groups is 2. The van der Waals surface area contributed by atoms with Crippen molar-refractivity contribution in [2.75, 3.05) is 32.7 Å². The summed E-state index contributed by atoms with van der Waals surface area (Å²) in [6.45, 7) is 3.43. The van der Waals surface area contributed by atoms with Gasteiger partial charge < -0.3 is 20.4 Å². The van der Waals surface area contributed by atoms with Crippen LogP contribution in [0.15, 0.2) is 0 Å². The van der Waals surface area contributed by atoms with Gasteiger partial charge in [0, 0.05) is 45.2 Å². The highest BCUT2D eigenvalue weighted by atomic mass is 16.4. The summed E-state index contributed by atoms with van der Waals surface area (Å²) >= 11 is 0. The van der Waals surface area contributed by atoms with Crippen LogP contribution in [0.5, 0.6) is 0 Å². The van der Waals surface area contributed by atoms with Crippen LogP contribution in [0.25, 0.3) is 0 Å². The second-order valence-electron chi connectivity index (χ2n) is 5.13. The molecule has 7 heteroatoms. The number of urea groups is 1. The number of piperazine rings is 1. The van der Waals surface area contributed by atoms with Crippen LogP contribution in [0.4, 0.5) is 4.79 Å². The second kappa shape index (κ2) is 6.21. The molecule has 3 N–H and O–H groups in total. The summed E-state index contributed by atoms with van der Waals surface area (Å²) in [5.41, 5.74) is 0. The lowest BCUT2D eigenvalue weighted by Crippen LogP contribution is -2.52. The largest absolute Gasteiger partial charge is 0.479 e. The molecule has 2 fully saturated rings. The van der Waals surface area contributed by atoms with Gasteiger partial charge in [-0.15, -0.1) is 0 Å². The molecule has 0 unspecified atom stereocenters. The normalized spacial score (nSPS) is 22.1. The fourth-order valence-electron chi connectivity index (χ4n) is 2.28. The van der Waals surface area contributed by atoms with Crippen molar-refractivity contribution >= 4 is 12.0 Å². The Kier molecular flexibility index (Phi) is 4.60. The number of carboxylic acids is 1. The Bertz CT molecular complexity index is 338. The van der Waals surface area contributed by atoms with Crippen LogP contribution in [0.1, 0.15) is 19.3 Å². The molecular weight excluding hydrogens is 250 g/mol. The number of hydrogen-bond donors (Lipinski definition) is 3. The molecule has 0 aromatic carbocycles. The standard InChI is InChI=1S/C12H21N3O4/c16-10(11(17)18)3-4-13-12(19)15-7-5-14(6-8-15)9-1-2-9/h9-10,16H,1-8H2,(H,13,19)(H,17,18)/t10-/m0/s1. The zero-order valence-electron chi connectivity index (χ0n) is 10.9. The van der Waals surface area contributed by atoms with E-state index in [0.717, 1.165) is 19.1 Å². The van der Waals surface area contributed by atoms with Crippen molar-refractivity contribution < 1.29 is 19.8 Å². The maximum absolute atomic E-state index is 11.8. The van der Waals surface area contributed by atoms with Gasteiger partial charge >= 0.3 is 12.0 Å². The maximum Gasteiger partial charge on any atom is 0.332 e. The molecule has 7 nitrogen and oxygen atoms in total. The molecule has 1 saturated carbocycles. The van der Waals surface area contributed by atoms with E-state index < -0.39 is 12.1 Å². The molecule has 0 aromatic rings. The van der Waals surface area contributed by atoms with E-state index in [9.17, 15) is 9.59 Å². The Balaban J connectivity index is 1.62. The van der Waals surface area contributed by atoms with E-state index in [1.165, 1.54) is 12.8 Å². The van der Waals surface area contributed by atoms with Crippen LogP contribution in [0, 0.1) is 0 Å². The number of hydrogen-bond acceptors (Lipinski definition) is 4. The summed E-state index contributed by atoms with van der Waals surface area (Å²) in [5.74, 6) is -1.26. The SMILES string of the molecule is O=C(O)[C@@H](O)CCNC(=O)N1CCN(C2CC2)CC1. The van der Waals surface area contributed by atoms with Gasteiger partial charge in [0.05, 0.1) is 0 Å². The van der Waals surface area contributed by atoms with E-state index in [2.05, 4.69) is 10.2 Å². The maximum atomic E-state index is 11.8. The summed E-state index contributed by atoms with van der Waals surface area (Å²) in [6, 6.07) is 0.559. The predicted octanol–water partition coefficient (Wildman–Crippen LogP) is -0.688. The number of aliphatic hydroxyl groups excluding tert-OH is 1. The predicted molar refractivity (Wildman–Crippen MR) is 67.8 cm³/mol. The zero-order chi connectivity index (χ0) is 13.8. The minimum absolute atomic E-state index is 0.0309. The van der Waals surface area contributed by atoms with E-state index >= 15 is 0 Å². The summed E-state index contributed by atoms with van der Waals surface area (Å²) < 4.78 is 0. The van der Waals surface area contributed by atoms with Gasteiger partial charge in [0.15, 0.2) is 6.10 Å². The molecule has 2 rings (SSSR count). The topological polar surface area (TPSA) is 93.1 Å². The summed E-state index contributed by atoms with van der Waals surface area (Å²) in [5, 5.41) is 20.2. The lowest BCUT2D eigenvalue weighted by molar-refractivity contribution is -0.146. The highest BCUT2D eigenvalue weighted by Gasteiger charge is 2.32. The molecule has 0 radical (unpaired) electrons. The zero-order valence-corrected chi connectivity index (χ0v) is 10.9. The third-order valence-electron chi connectivity index (χ3n) is 3.64. The van der Waals surface area contributed by atoms with Gasteiger partial charge in [-0.3, -0.25) is 4.90 Å². The first-order valence-electron chi connectivity index (χ1n) is 6.75. The molecule has 0 spiro atoms. The van der Waals surface area contributed by atoms with Gasteiger partial charge in [0.1, 0.15) is 0 Å². The summed E-state index contributed by atoms with van der Waals surface area (Å²) in [7, 11) is 0. The number of nitrogens with zero attached hydrogens (tertiary/aromatic N) is 2. The van der Waals surface area contributed by atoms with Crippen molar-refractivity contribution in [3.63, 3.8) is 0 Å². The first-order chi connectivity index (χ1) is 9.08. The average molecular weight is 271 g/mol. The van der Waals surface area contributed by atoms with Crippen molar-refractivity contribution in [2.45, 2.75) is 31.4 Å². The lowest BCUT2D eigenvalue weighted by Gasteiger charge is -2.34. The first kappa shape index (κ1) is 14.1. The fourth-order valence-corrected chi connectivity index (χ4v) is 2.28. The quantitative estimate of drug-likeness (QED) is 0.615. The highest BCUT2D eigenvalue weighted by molar-refractivity contribution is 5.74. The fraction of sp³-hybridized carbons (Fsp3) is 0.833. The molecule has 1 heterocycles. The Labute approximate surface area is 112 Å². The van der Waals surface area contributed by atoms with Crippen LogP contribution in [-0.2, 0) is 4.79 Å². The number of carboxylic acid groups (broad SMARTS) is 1. The molecule has 1 aliphatic carbocycles. The first-order valence-corrected chi connectivity index (χ1v) is 6.75. The molecule has 2 aliphatic rings. The van der Waals surface area contributed by atoms with Gasteiger partial charge in [-0.25, -0.2) is 9.59 Å².